The predicted molar refractivity (Wildman–Crippen MR) is 73.2 cm³/mol. The van der Waals surface area contributed by atoms with Gasteiger partial charge in [0.1, 0.15) is 5.82 Å². The number of nitrogens with zero attached hydrogens (tertiary/aromatic N) is 2. The summed E-state index contributed by atoms with van der Waals surface area (Å²) in [7, 11) is 0. The quantitative estimate of drug-likeness (QED) is 0.739. The Balaban J connectivity index is 2.33. The standard InChI is InChI=1S/C15H16F2N2/c1-4-19-10(2)7-12(11(19)3)9-18-15-6-5-13(16)8-14(15)17/h5-9H,4H2,1-3H3. The third kappa shape index (κ3) is 2.72. The van der Waals surface area contributed by atoms with E-state index in [0.29, 0.717) is 0 Å². The van der Waals surface area contributed by atoms with E-state index in [-0.39, 0.29) is 5.69 Å². The molecular weight excluding hydrogens is 246 g/mol. The van der Waals surface area contributed by atoms with Crippen LogP contribution in [0.2, 0.25) is 0 Å². The van der Waals surface area contributed by atoms with Gasteiger partial charge in [0.05, 0.1) is 5.69 Å². The van der Waals surface area contributed by atoms with Gasteiger partial charge in [0.2, 0.25) is 0 Å². The molecule has 0 spiro atoms. The van der Waals surface area contributed by atoms with E-state index in [0.717, 1.165) is 29.6 Å². The fourth-order valence-electron chi connectivity index (χ4n) is 2.17. The average Bonchev–Trinajstić information content (AvgIpc) is 2.63. The van der Waals surface area contributed by atoms with Crippen molar-refractivity contribution in [2.45, 2.75) is 27.3 Å². The number of aromatic nitrogens is 1. The number of rotatable bonds is 3. The molecule has 1 aromatic heterocycles. The molecule has 0 aliphatic rings. The number of benzene rings is 1. The van der Waals surface area contributed by atoms with Crippen LogP contribution in [0.4, 0.5) is 14.5 Å². The molecule has 0 saturated heterocycles. The molecule has 0 unspecified atom stereocenters. The maximum Gasteiger partial charge on any atom is 0.151 e. The predicted octanol–water partition coefficient (Wildman–Crippen LogP) is 4.15. The summed E-state index contributed by atoms with van der Waals surface area (Å²) in [5.74, 6) is -1.25. The van der Waals surface area contributed by atoms with E-state index in [4.69, 9.17) is 0 Å². The molecule has 0 aliphatic heterocycles. The van der Waals surface area contributed by atoms with E-state index in [9.17, 15) is 8.78 Å². The van der Waals surface area contributed by atoms with Gasteiger partial charge in [0, 0.05) is 35.8 Å². The lowest BCUT2D eigenvalue weighted by Crippen LogP contribution is -1.99. The van der Waals surface area contributed by atoms with E-state index in [2.05, 4.69) is 16.5 Å². The second kappa shape index (κ2) is 5.34. The summed E-state index contributed by atoms with van der Waals surface area (Å²) < 4.78 is 28.4. The first-order chi connectivity index (χ1) is 9.02. The highest BCUT2D eigenvalue weighted by Gasteiger charge is 2.06. The van der Waals surface area contributed by atoms with Crippen LogP contribution in [0.15, 0.2) is 29.3 Å². The third-order valence-corrected chi connectivity index (χ3v) is 3.18. The van der Waals surface area contributed by atoms with Gasteiger partial charge >= 0.3 is 0 Å². The van der Waals surface area contributed by atoms with Gasteiger partial charge < -0.3 is 4.57 Å². The van der Waals surface area contributed by atoms with E-state index >= 15 is 0 Å². The monoisotopic (exact) mass is 262 g/mol. The smallest absolute Gasteiger partial charge is 0.151 e. The third-order valence-electron chi connectivity index (χ3n) is 3.18. The molecule has 4 heteroatoms. The molecule has 1 aromatic carbocycles. The lowest BCUT2D eigenvalue weighted by molar-refractivity contribution is 0.585. The molecule has 0 N–H and O–H groups in total. The van der Waals surface area contributed by atoms with Crippen LogP contribution in [-0.4, -0.2) is 10.8 Å². The summed E-state index contributed by atoms with van der Waals surface area (Å²) in [4.78, 5) is 4.09. The molecule has 0 amide bonds. The van der Waals surface area contributed by atoms with Crippen molar-refractivity contribution in [1.82, 2.24) is 4.57 Å². The summed E-state index contributed by atoms with van der Waals surface area (Å²) >= 11 is 0. The Kier molecular flexibility index (Phi) is 3.79. The van der Waals surface area contributed by atoms with Gasteiger partial charge in [-0.1, -0.05) is 0 Å². The van der Waals surface area contributed by atoms with Crippen LogP contribution >= 0.6 is 0 Å². The summed E-state index contributed by atoms with van der Waals surface area (Å²) in [6.07, 6.45) is 1.62. The second-order valence-corrected chi connectivity index (χ2v) is 4.42. The first kappa shape index (κ1) is 13.5. The molecule has 2 aromatic rings. The van der Waals surface area contributed by atoms with Crippen LogP contribution in [0, 0.1) is 25.5 Å². The largest absolute Gasteiger partial charge is 0.349 e. The van der Waals surface area contributed by atoms with Gasteiger partial charge in [-0.3, -0.25) is 4.99 Å². The fourth-order valence-corrected chi connectivity index (χ4v) is 2.17. The minimum Gasteiger partial charge on any atom is -0.349 e. The topological polar surface area (TPSA) is 17.3 Å². The van der Waals surface area contributed by atoms with Crippen LogP contribution in [0.25, 0.3) is 0 Å². The molecule has 0 bridgehead atoms. The molecule has 100 valence electrons. The van der Waals surface area contributed by atoms with Gasteiger partial charge in [-0.05, 0) is 39.0 Å². The molecule has 0 saturated carbocycles. The minimum atomic E-state index is -0.652. The summed E-state index contributed by atoms with van der Waals surface area (Å²) in [5.41, 5.74) is 3.32. The maximum absolute atomic E-state index is 13.4. The van der Waals surface area contributed by atoms with Crippen LogP contribution in [-0.2, 0) is 6.54 Å². The lowest BCUT2D eigenvalue weighted by Gasteiger charge is -2.04. The van der Waals surface area contributed by atoms with Crippen molar-refractivity contribution in [3.8, 4) is 0 Å². The molecule has 19 heavy (non-hydrogen) atoms. The number of halogens is 2. The summed E-state index contributed by atoms with van der Waals surface area (Å²) in [6.45, 7) is 6.97. The molecule has 2 rings (SSSR count). The van der Waals surface area contributed by atoms with Crippen molar-refractivity contribution in [3.05, 3.63) is 52.9 Å². The van der Waals surface area contributed by atoms with Crippen LogP contribution in [0.5, 0.6) is 0 Å². The Morgan fingerprint density at radius 1 is 1.21 bits per heavy atom. The highest BCUT2D eigenvalue weighted by atomic mass is 19.1. The van der Waals surface area contributed by atoms with Gasteiger partial charge in [-0.25, -0.2) is 8.78 Å². The second-order valence-electron chi connectivity index (χ2n) is 4.42. The molecular formula is C15H16F2N2. The average molecular weight is 262 g/mol. The van der Waals surface area contributed by atoms with Crippen molar-refractivity contribution in [1.29, 1.82) is 0 Å². The molecule has 1 heterocycles. The minimum absolute atomic E-state index is 0.141. The highest BCUT2D eigenvalue weighted by Crippen LogP contribution is 2.19. The maximum atomic E-state index is 13.4. The zero-order valence-electron chi connectivity index (χ0n) is 11.2. The van der Waals surface area contributed by atoms with Gasteiger partial charge in [-0.15, -0.1) is 0 Å². The van der Waals surface area contributed by atoms with Crippen molar-refractivity contribution in [2.75, 3.05) is 0 Å². The Morgan fingerprint density at radius 3 is 2.53 bits per heavy atom. The van der Waals surface area contributed by atoms with Crippen molar-refractivity contribution in [2.24, 2.45) is 4.99 Å². The first-order valence-electron chi connectivity index (χ1n) is 6.18. The molecule has 0 fully saturated rings. The highest BCUT2D eigenvalue weighted by molar-refractivity contribution is 5.83. The van der Waals surface area contributed by atoms with Crippen LogP contribution in [0.3, 0.4) is 0 Å². The van der Waals surface area contributed by atoms with Crippen molar-refractivity contribution in [3.63, 3.8) is 0 Å². The van der Waals surface area contributed by atoms with Crippen molar-refractivity contribution >= 4 is 11.9 Å². The molecule has 0 atom stereocenters. The van der Waals surface area contributed by atoms with E-state index in [1.165, 1.54) is 12.1 Å². The van der Waals surface area contributed by atoms with Crippen LogP contribution < -0.4 is 0 Å². The Labute approximate surface area is 111 Å². The van der Waals surface area contributed by atoms with E-state index in [1.807, 2.05) is 19.9 Å². The number of aryl methyl sites for hydroxylation is 1. The number of hydrogen-bond donors (Lipinski definition) is 0. The van der Waals surface area contributed by atoms with E-state index < -0.39 is 11.6 Å². The van der Waals surface area contributed by atoms with Crippen LogP contribution in [0.1, 0.15) is 23.9 Å². The lowest BCUT2D eigenvalue weighted by atomic mass is 10.2. The Bertz CT molecular complexity index is 627. The summed E-state index contributed by atoms with van der Waals surface area (Å²) in [6, 6.07) is 5.37. The van der Waals surface area contributed by atoms with Gasteiger partial charge in [0.15, 0.2) is 5.82 Å². The molecule has 2 nitrogen and oxygen atoms in total. The fraction of sp³-hybridized carbons (Fsp3) is 0.267. The summed E-state index contributed by atoms with van der Waals surface area (Å²) in [5, 5.41) is 0. The normalized spacial score (nSPS) is 11.4. The number of aliphatic imine (C=N–C) groups is 1. The van der Waals surface area contributed by atoms with Gasteiger partial charge in [0.25, 0.3) is 0 Å². The Morgan fingerprint density at radius 2 is 1.95 bits per heavy atom. The van der Waals surface area contributed by atoms with E-state index in [1.54, 1.807) is 6.21 Å². The number of hydrogen-bond acceptors (Lipinski definition) is 1. The molecule has 0 aliphatic carbocycles. The first-order valence-corrected chi connectivity index (χ1v) is 6.18. The van der Waals surface area contributed by atoms with Gasteiger partial charge in [-0.2, -0.15) is 0 Å². The zero-order valence-corrected chi connectivity index (χ0v) is 11.2. The Hall–Kier alpha value is -1.97. The van der Waals surface area contributed by atoms with Crippen molar-refractivity contribution < 1.29 is 8.78 Å². The SMILES string of the molecule is CCn1c(C)cc(C=Nc2ccc(F)cc2F)c1C. The molecule has 0 radical (unpaired) electrons. The zero-order chi connectivity index (χ0) is 14.0.